The second-order valence-electron chi connectivity index (χ2n) is 5.25. The van der Waals surface area contributed by atoms with Crippen LogP contribution in [0.5, 0.6) is 0 Å². The highest BCUT2D eigenvalue weighted by Crippen LogP contribution is 2.24. The van der Waals surface area contributed by atoms with E-state index in [0.717, 1.165) is 0 Å². The van der Waals surface area contributed by atoms with E-state index in [1.807, 2.05) is 4.90 Å². The monoisotopic (exact) mass is 358 g/mol. The maximum atomic E-state index is 13.6. The fourth-order valence-electron chi connectivity index (χ4n) is 2.24. The Bertz CT molecular complexity index is 561. The lowest BCUT2D eigenvalue weighted by atomic mass is 9.87. The number of carboxylic acid groups (broad SMARTS) is 1. The van der Waals surface area contributed by atoms with Crippen molar-refractivity contribution in [3.8, 4) is 0 Å². The summed E-state index contributed by atoms with van der Waals surface area (Å²) in [6.07, 6.45) is 0. The Kier molecular flexibility index (Phi) is 4.95. The van der Waals surface area contributed by atoms with Gasteiger partial charge in [0, 0.05) is 17.6 Å². The number of halogens is 2. The standard InChI is InChI=1S/C14H16BrFN2O3/c1-8(14(20)21)9-5-18(6-9)7-13(19)17-12-3-2-10(15)4-11(12)16/h2-4,8-9H,5-7H2,1H3,(H,17,19)(H,20,21). The van der Waals surface area contributed by atoms with Gasteiger partial charge in [-0.1, -0.05) is 22.9 Å². The van der Waals surface area contributed by atoms with Crippen LogP contribution in [0.1, 0.15) is 6.92 Å². The van der Waals surface area contributed by atoms with Crippen molar-refractivity contribution in [1.29, 1.82) is 0 Å². The maximum Gasteiger partial charge on any atom is 0.306 e. The van der Waals surface area contributed by atoms with E-state index in [4.69, 9.17) is 5.11 Å². The first-order chi connectivity index (χ1) is 9.86. The molecular weight excluding hydrogens is 343 g/mol. The minimum absolute atomic E-state index is 0.0692. The number of carbonyl (C=O) groups is 2. The molecule has 0 bridgehead atoms. The average Bonchev–Trinajstić information content (AvgIpc) is 2.36. The first-order valence-electron chi connectivity index (χ1n) is 6.57. The van der Waals surface area contributed by atoms with Gasteiger partial charge < -0.3 is 10.4 Å². The predicted molar refractivity (Wildman–Crippen MR) is 79.5 cm³/mol. The first-order valence-corrected chi connectivity index (χ1v) is 7.36. The zero-order valence-corrected chi connectivity index (χ0v) is 13.1. The summed E-state index contributed by atoms with van der Waals surface area (Å²) >= 11 is 3.15. The Morgan fingerprint density at radius 1 is 1.52 bits per heavy atom. The Labute approximate surface area is 130 Å². The quantitative estimate of drug-likeness (QED) is 0.846. The van der Waals surface area contributed by atoms with E-state index in [1.54, 1.807) is 13.0 Å². The highest BCUT2D eigenvalue weighted by molar-refractivity contribution is 9.10. The third-order valence-electron chi connectivity index (χ3n) is 3.65. The third kappa shape index (κ3) is 4.01. The fourth-order valence-corrected chi connectivity index (χ4v) is 2.57. The molecule has 0 radical (unpaired) electrons. The second kappa shape index (κ2) is 6.53. The summed E-state index contributed by atoms with van der Waals surface area (Å²) < 4.78 is 14.2. The van der Waals surface area contributed by atoms with Crippen molar-refractivity contribution < 1.29 is 19.1 Å². The maximum absolute atomic E-state index is 13.6. The van der Waals surface area contributed by atoms with Gasteiger partial charge in [0.15, 0.2) is 0 Å². The molecule has 1 unspecified atom stereocenters. The van der Waals surface area contributed by atoms with E-state index in [9.17, 15) is 14.0 Å². The van der Waals surface area contributed by atoms with Crippen molar-refractivity contribution >= 4 is 33.5 Å². The zero-order chi connectivity index (χ0) is 15.6. The van der Waals surface area contributed by atoms with E-state index in [0.29, 0.717) is 17.6 Å². The normalized spacial score (nSPS) is 17.1. The van der Waals surface area contributed by atoms with Gasteiger partial charge >= 0.3 is 5.97 Å². The molecule has 1 aliphatic heterocycles. The number of rotatable bonds is 5. The Balaban J connectivity index is 1.80. The van der Waals surface area contributed by atoms with Gasteiger partial charge in [0.05, 0.1) is 18.2 Å². The van der Waals surface area contributed by atoms with E-state index >= 15 is 0 Å². The topological polar surface area (TPSA) is 69.6 Å². The molecule has 0 spiro atoms. The summed E-state index contributed by atoms with van der Waals surface area (Å²) in [5.41, 5.74) is 0.138. The molecule has 1 heterocycles. The molecule has 7 heteroatoms. The predicted octanol–water partition coefficient (Wildman–Crippen LogP) is 2.18. The summed E-state index contributed by atoms with van der Waals surface area (Å²) in [6.45, 7) is 2.95. The molecule has 1 amide bonds. The van der Waals surface area contributed by atoms with Crippen molar-refractivity contribution in [1.82, 2.24) is 4.90 Å². The highest BCUT2D eigenvalue weighted by atomic mass is 79.9. The molecule has 1 aromatic carbocycles. The largest absolute Gasteiger partial charge is 0.481 e. The van der Waals surface area contributed by atoms with Crippen molar-refractivity contribution in [2.24, 2.45) is 11.8 Å². The highest BCUT2D eigenvalue weighted by Gasteiger charge is 2.35. The van der Waals surface area contributed by atoms with Gasteiger partial charge in [-0.25, -0.2) is 4.39 Å². The molecule has 1 fully saturated rings. The van der Waals surface area contributed by atoms with Gasteiger partial charge in [0.2, 0.25) is 5.91 Å². The number of carbonyl (C=O) groups excluding carboxylic acids is 1. The van der Waals surface area contributed by atoms with E-state index in [-0.39, 0.29) is 24.1 Å². The van der Waals surface area contributed by atoms with E-state index in [2.05, 4.69) is 21.2 Å². The molecule has 21 heavy (non-hydrogen) atoms. The molecule has 1 aromatic rings. The number of amides is 1. The van der Waals surface area contributed by atoms with E-state index < -0.39 is 17.7 Å². The van der Waals surface area contributed by atoms with Gasteiger partial charge in [-0.05, 0) is 24.1 Å². The minimum atomic E-state index is -0.818. The number of hydrogen-bond acceptors (Lipinski definition) is 3. The van der Waals surface area contributed by atoms with Gasteiger partial charge in [0.1, 0.15) is 5.82 Å². The zero-order valence-electron chi connectivity index (χ0n) is 11.5. The molecule has 2 N–H and O–H groups in total. The van der Waals surface area contributed by atoms with Crippen molar-refractivity contribution in [2.75, 3.05) is 25.0 Å². The van der Waals surface area contributed by atoms with Gasteiger partial charge in [0.25, 0.3) is 0 Å². The van der Waals surface area contributed by atoms with Crippen LogP contribution < -0.4 is 5.32 Å². The molecule has 0 aliphatic carbocycles. The summed E-state index contributed by atoms with van der Waals surface area (Å²) in [5, 5.41) is 11.4. The van der Waals surface area contributed by atoms with Crippen LogP contribution in [0.4, 0.5) is 10.1 Å². The van der Waals surface area contributed by atoms with Crippen LogP contribution in [-0.4, -0.2) is 41.5 Å². The lowest BCUT2D eigenvalue weighted by Gasteiger charge is -2.40. The summed E-state index contributed by atoms with van der Waals surface area (Å²) in [4.78, 5) is 24.5. The first kappa shape index (κ1) is 15.9. The molecule has 2 rings (SSSR count). The molecule has 1 saturated heterocycles. The number of benzene rings is 1. The summed E-state index contributed by atoms with van der Waals surface area (Å²) in [6, 6.07) is 4.42. The SMILES string of the molecule is CC(C(=O)O)C1CN(CC(=O)Nc2ccc(Br)cc2F)C1. The van der Waals surface area contributed by atoms with Crippen LogP contribution >= 0.6 is 15.9 Å². The number of carboxylic acids is 1. The molecule has 1 aliphatic rings. The minimum Gasteiger partial charge on any atom is -0.481 e. The Morgan fingerprint density at radius 2 is 2.19 bits per heavy atom. The smallest absolute Gasteiger partial charge is 0.306 e. The van der Waals surface area contributed by atoms with Crippen molar-refractivity contribution in [3.63, 3.8) is 0 Å². The summed E-state index contributed by atoms with van der Waals surface area (Å²) in [7, 11) is 0. The average molecular weight is 359 g/mol. The lowest BCUT2D eigenvalue weighted by molar-refractivity contribution is -0.145. The molecule has 0 saturated carbocycles. The van der Waals surface area contributed by atoms with Gasteiger partial charge in [-0.15, -0.1) is 0 Å². The fraction of sp³-hybridized carbons (Fsp3) is 0.429. The Morgan fingerprint density at radius 3 is 2.76 bits per heavy atom. The number of nitrogens with one attached hydrogen (secondary N) is 1. The van der Waals surface area contributed by atoms with Crippen molar-refractivity contribution in [3.05, 3.63) is 28.5 Å². The molecule has 0 aromatic heterocycles. The Hall–Kier alpha value is -1.47. The number of anilines is 1. The van der Waals surface area contributed by atoms with Crippen LogP contribution in [0.2, 0.25) is 0 Å². The van der Waals surface area contributed by atoms with Crippen LogP contribution in [0.15, 0.2) is 22.7 Å². The molecule has 5 nitrogen and oxygen atoms in total. The van der Waals surface area contributed by atoms with Gasteiger partial charge in [-0.3, -0.25) is 14.5 Å². The number of nitrogens with zero attached hydrogens (tertiary/aromatic N) is 1. The van der Waals surface area contributed by atoms with Crippen LogP contribution in [0.25, 0.3) is 0 Å². The number of aliphatic carboxylic acids is 1. The van der Waals surface area contributed by atoms with Crippen LogP contribution in [-0.2, 0) is 9.59 Å². The van der Waals surface area contributed by atoms with Crippen molar-refractivity contribution in [2.45, 2.75) is 6.92 Å². The van der Waals surface area contributed by atoms with Gasteiger partial charge in [-0.2, -0.15) is 0 Å². The second-order valence-corrected chi connectivity index (χ2v) is 6.17. The number of likely N-dealkylation sites (tertiary alicyclic amines) is 1. The lowest BCUT2D eigenvalue weighted by Crippen LogP contribution is -2.53. The van der Waals surface area contributed by atoms with Crippen LogP contribution in [0.3, 0.4) is 0 Å². The van der Waals surface area contributed by atoms with Crippen LogP contribution in [0, 0.1) is 17.7 Å². The summed E-state index contributed by atoms with van der Waals surface area (Å²) in [5.74, 6) is -1.97. The van der Waals surface area contributed by atoms with E-state index in [1.165, 1.54) is 12.1 Å². The molecular formula is C14H16BrFN2O3. The number of hydrogen-bond donors (Lipinski definition) is 2. The molecule has 1 atom stereocenters. The third-order valence-corrected chi connectivity index (χ3v) is 4.15. The molecule has 114 valence electrons.